The Balaban J connectivity index is 2.57. The summed E-state index contributed by atoms with van der Waals surface area (Å²) in [5.41, 5.74) is -0.677. The number of carbonyl (C=O) groups is 1. The minimum absolute atomic E-state index is 0.157. The average molecular weight is 148 g/mol. The van der Waals surface area contributed by atoms with Gasteiger partial charge in [0.2, 0.25) is 0 Å². The van der Waals surface area contributed by atoms with Crippen LogP contribution in [0.3, 0.4) is 0 Å². The number of ether oxygens (including phenoxy) is 1. The third-order valence-electron chi connectivity index (χ3n) is 1.51. The van der Waals surface area contributed by atoms with Gasteiger partial charge in [-0.3, -0.25) is 4.79 Å². The van der Waals surface area contributed by atoms with Gasteiger partial charge < -0.3 is 9.84 Å². The van der Waals surface area contributed by atoms with Crippen molar-refractivity contribution in [1.82, 2.24) is 0 Å². The van der Waals surface area contributed by atoms with Crippen LogP contribution in [0.1, 0.15) is 0 Å². The van der Waals surface area contributed by atoms with Gasteiger partial charge in [-0.05, 0) is 0 Å². The molecular weight excluding hydrogens is 140 g/mol. The summed E-state index contributed by atoms with van der Waals surface area (Å²) in [5.74, 6) is 0. The molecule has 1 saturated heterocycles. The van der Waals surface area contributed by atoms with Crippen molar-refractivity contribution < 1.29 is 14.6 Å². The molecule has 0 aromatic rings. The molecule has 1 aliphatic heterocycles. The molecule has 1 heterocycles. The zero-order valence-electron chi connectivity index (χ0n) is 4.83. The van der Waals surface area contributed by atoms with Crippen LogP contribution in [0.2, 0.25) is 0 Å². The molecule has 0 aliphatic carbocycles. The number of rotatable bonds is 2. The third kappa shape index (κ3) is 0.976. The maximum Gasteiger partial charge on any atom is 0.199 e. The molecule has 1 rings (SSSR count). The number of aliphatic hydroxyl groups is 1. The number of aliphatic hydroxyl groups excluding tert-OH is 1. The molecule has 0 spiro atoms. The molecule has 0 bridgehead atoms. The highest BCUT2D eigenvalue weighted by Crippen LogP contribution is 2.28. The van der Waals surface area contributed by atoms with Crippen molar-refractivity contribution in [3.05, 3.63) is 0 Å². The first-order chi connectivity index (χ1) is 4.21. The summed E-state index contributed by atoms with van der Waals surface area (Å²) in [6.07, 6.45) is 0. The maximum atomic E-state index is 10.6. The van der Waals surface area contributed by atoms with E-state index in [4.69, 9.17) is 9.84 Å². The van der Waals surface area contributed by atoms with Gasteiger partial charge in [0.1, 0.15) is 5.41 Å². The van der Waals surface area contributed by atoms with Gasteiger partial charge in [0.15, 0.2) is 5.12 Å². The van der Waals surface area contributed by atoms with E-state index in [1.807, 2.05) is 0 Å². The molecule has 0 radical (unpaired) electrons. The first-order valence-electron chi connectivity index (χ1n) is 2.63. The molecule has 1 fully saturated rings. The summed E-state index contributed by atoms with van der Waals surface area (Å²) in [4.78, 5) is 10.6. The quantitative estimate of drug-likeness (QED) is 0.517. The van der Waals surface area contributed by atoms with Crippen LogP contribution in [-0.4, -0.2) is 30.0 Å². The first kappa shape index (κ1) is 7.05. The van der Waals surface area contributed by atoms with Crippen LogP contribution in [0, 0.1) is 5.41 Å². The molecule has 3 nitrogen and oxygen atoms in total. The van der Waals surface area contributed by atoms with Gasteiger partial charge in [0.25, 0.3) is 0 Å². The highest BCUT2D eigenvalue weighted by molar-refractivity contribution is 7.96. The van der Waals surface area contributed by atoms with Gasteiger partial charge in [-0.2, -0.15) is 0 Å². The van der Waals surface area contributed by atoms with Crippen LogP contribution in [0.4, 0.5) is 0 Å². The number of thiol groups is 1. The standard InChI is InChI=1S/C5H8O3S/c6-1-5(4(7)9)2-8-3-5/h6H,1-3H2,(H,7,9). The van der Waals surface area contributed by atoms with Crippen LogP contribution in [0.5, 0.6) is 0 Å². The Morgan fingerprint density at radius 1 is 1.78 bits per heavy atom. The Morgan fingerprint density at radius 3 is 2.33 bits per heavy atom. The lowest BCUT2D eigenvalue weighted by Gasteiger charge is -2.36. The fourth-order valence-electron chi connectivity index (χ4n) is 0.631. The lowest BCUT2D eigenvalue weighted by Crippen LogP contribution is -2.50. The van der Waals surface area contributed by atoms with Gasteiger partial charge in [-0.15, -0.1) is 12.6 Å². The van der Waals surface area contributed by atoms with Crippen LogP contribution < -0.4 is 0 Å². The second kappa shape index (κ2) is 2.28. The second-order valence-electron chi connectivity index (χ2n) is 2.24. The van der Waals surface area contributed by atoms with Gasteiger partial charge in [0.05, 0.1) is 19.8 Å². The van der Waals surface area contributed by atoms with Gasteiger partial charge in [-0.25, -0.2) is 0 Å². The Morgan fingerprint density at radius 2 is 2.33 bits per heavy atom. The summed E-state index contributed by atoms with van der Waals surface area (Å²) in [6, 6.07) is 0. The Bertz CT molecular complexity index is 125. The number of hydrogen-bond acceptors (Lipinski definition) is 3. The first-order valence-corrected chi connectivity index (χ1v) is 3.08. The Hall–Kier alpha value is -0.0600. The number of hydrogen-bond donors (Lipinski definition) is 2. The van der Waals surface area contributed by atoms with Gasteiger partial charge >= 0.3 is 0 Å². The zero-order chi connectivity index (χ0) is 6.91. The third-order valence-corrected chi connectivity index (χ3v) is 1.99. The molecule has 52 valence electrons. The average Bonchev–Trinajstić information content (AvgIpc) is 1.62. The monoisotopic (exact) mass is 148 g/mol. The van der Waals surface area contributed by atoms with E-state index in [2.05, 4.69) is 12.6 Å². The molecule has 0 aromatic carbocycles. The predicted molar refractivity (Wildman–Crippen MR) is 34.3 cm³/mol. The predicted octanol–water partition coefficient (Wildman–Crippen LogP) is -0.548. The molecule has 1 N–H and O–H groups in total. The van der Waals surface area contributed by atoms with E-state index < -0.39 is 5.41 Å². The fraction of sp³-hybridized carbons (Fsp3) is 0.800. The van der Waals surface area contributed by atoms with Gasteiger partial charge in [0, 0.05) is 0 Å². The van der Waals surface area contributed by atoms with Crippen LogP contribution in [0.25, 0.3) is 0 Å². The second-order valence-corrected chi connectivity index (χ2v) is 2.64. The zero-order valence-corrected chi connectivity index (χ0v) is 5.73. The summed E-state index contributed by atoms with van der Waals surface area (Å²) >= 11 is 3.61. The molecule has 0 amide bonds. The highest BCUT2D eigenvalue weighted by atomic mass is 32.1. The van der Waals surface area contributed by atoms with E-state index in [9.17, 15) is 4.79 Å². The summed E-state index contributed by atoms with van der Waals surface area (Å²) in [6.45, 7) is 0.465. The van der Waals surface area contributed by atoms with Crippen LogP contribution in [0.15, 0.2) is 0 Å². The number of carbonyl (C=O) groups excluding carboxylic acids is 1. The van der Waals surface area contributed by atoms with Crippen molar-refractivity contribution in [3.8, 4) is 0 Å². The van der Waals surface area contributed by atoms with Crippen molar-refractivity contribution in [2.45, 2.75) is 0 Å². The van der Waals surface area contributed by atoms with E-state index in [0.29, 0.717) is 13.2 Å². The summed E-state index contributed by atoms with van der Waals surface area (Å²) < 4.78 is 4.76. The molecule has 9 heavy (non-hydrogen) atoms. The summed E-state index contributed by atoms with van der Waals surface area (Å²) in [5, 5.41) is 8.38. The maximum absolute atomic E-state index is 10.6. The minimum atomic E-state index is -0.677. The van der Waals surface area contributed by atoms with Gasteiger partial charge in [-0.1, -0.05) is 0 Å². The van der Waals surface area contributed by atoms with E-state index in [0.717, 1.165) is 0 Å². The molecule has 4 heteroatoms. The van der Waals surface area contributed by atoms with E-state index in [1.165, 1.54) is 0 Å². The molecule has 0 atom stereocenters. The van der Waals surface area contributed by atoms with Crippen molar-refractivity contribution in [2.75, 3.05) is 19.8 Å². The fourth-order valence-corrected chi connectivity index (χ4v) is 0.831. The highest BCUT2D eigenvalue weighted by Gasteiger charge is 2.43. The van der Waals surface area contributed by atoms with Crippen molar-refractivity contribution in [1.29, 1.82) is 0 Å². The largest absolute Gasteiger partial charge is 0.395 e. The van der Waals surface area contributed by atoms with E-state index in [-0.39, 0.29) is 11.7 Å². The van der Waals surface area contributed by atoms with Crippen LogP contribution in [-0.2, 0) is 9.53 Å². The lowest BCUT2D eigenvalue weighted by molar-refractivity contribution is -0.158. The minimum Gasteiger partial charge on any atom is -0.395 e. The lowest BCUT2D eigenvalue weighted by atomic mass is 9.89. The smallest absolute Gasteiger partial charge is 0.199 e. The summed E-state index contributed by atoms with van der Waals surface area (Å²) in [7, 11) is 0. The van der Waals surface area contributed by atoms with E-state index >= 15 is 0 Å². The van der Waals surface area contributed by atoms with Crippen molar-refractivity contribution in [3.63, 3.8) is 0 Å². The molecular formula is C5H8O3S. The van der Waals surface area contributed by atoms with E-state index in [1.54, 1.807) is 0 Å². The molecule has 1 aliphatic rings. The molecule has 0 unspecified atom stereocenters. The topological polar surface area (TPSA) is 46.5 Å². The Labute approximate surface area is 58.4 Å². The molecule has 0 aromatic heterocycles. The van der Waals surface area contributed by atoms with Crippen LogP contribution >= 0.6 is 12.6 Å². The van der Waals surface area contributed by atoms with Crippen molar-refractivity contribution >= 4 is 17.7 Å². The normalized spacial score (nSPS) is 22.9. The molecule has 0 saturated carbocycles. The SMILES string of the molecule is O=C(S)C1(CO)COC1. The Kier molecular flexibility index (Phi) is 1.79. The van der Waals surface area contributed by atoms with Crippen molar-refractivity contribution in [2.24, 2.45) is 5.41 Å².